The highest BCUT2D eigenvalue weighted by Gasteiger charge is 2.21. The Morgan fingerprint density at radius 1 is 1.47 bits per heavy atom. The van der Waals surface area contributed by atoms with Crippen LogP contribution in [0.3, 0.4) is 0 Å². The van der Waals surface area contributed by atoms with E-state index in [1.54, 1.807) is 19.3 Å². The van der Waals surface area contributed by atoms with Crippen molar-refractivity contribution in [2.45, 2.75) is 44.0 Å². The van der Waals surface area contributed by atoms with Crippen molar-refractivity contribution in [1.82, 2.24) is 9.71 Å². The molecule has 2 N–H and O–H groups in total. The van der Waals surface area contributed by atoms with Crippen LogP contribution in [0, 0.1) is 0 Å². The van der Waals surface area contributed by atoms with Gasteiger partial charge in [-0.05, 0) is 35.3 Å². The van der Waals surface area contributed by atoms with Gasteiger partial charge in [-0.25, -0.2) is 18.1 Å². The number of aromatic nitrogens is 1. The summed E-state index contributed by atoms with van der Waals surface area (Å²) in [7, 11) is -1.91. The minimum atomic E-state index is -3.56. The monoisotopic (exact) mass is 349 g/mol. The fourth-order valence-corrected chi connectivity index (χ4v) is 3.66. The molecule has 7 heteroatoms. The van der Waals surface area contributed by atoms with Crippen molar-refractivity contribution in [2.24, 2.45) is 0 Å². The topological polar surface area (TPSA) is 71.1 Å². The van der Waals surface area contributed by atoms with Crippen LogP contribution in [0.4, 0.5) is 5.82 Å². The molecule has 0 fully saturated rings. The highest BCUT2D eigenvalue weighted by molar-refractivity contribution is 9.10. The summed E-state index contributed by atoms with van der Waals surface area (Å²) in [4.78, 5) is 4.22. The molecule has 0 saturated carbocycles. The molecule has 0 bridgehead atoms. The van der Waals surface area contributed by atoms with Crippen LogP contribution in [-0.4, -0.2) is 26.5 Å². The maximum absolute atomic E-state index is 12.3. The van der Waals surface area contributed by atoms with Gasteiger partial charge in [-0.2, -0.15) is 0 Å². The predicted molar refractivity (Wildman–Crippen MR) is 80.8 cm³/mol. The molecule has 5 nitrogen and oxygen atoms in total. The van der Waals surface area contributed by atoms with E-state index in [4.69, 9.17) is 0 Å². The quantitative estimate of drug-likeness (QED) is 0.793. The molecule has 0 saturated heterocycles. The molecule has 1 aromatic heterocycles. The third-order valence-corrected chi connectivity index (χ3v) is 4.73. The molecule has 1 atom stereocenters. The lowest BCUT2D eigenvalue weighted by Gasteiger charge is -2.15. The second kappa shape index (κ2) is 7.21. The average Bonchev–Trinajstić information content (AvgIpc) is 2.35. The molecule has 108 valence electrons. The lowest BCUT2D eigenvalue weighted by Crippen LogP contribution is -2.33. The largest absolute Gasteiger partial charge is 0.372 e. The molecule has 1 heterocycles. The maximum atomic E-state index is 12.3. The maximum Gasteiger partial charge on any atom is 0.244 e. The predicted octanol–water partition coefficient (Wildman–Crippen LogP) is 2.74. The molecule has 0 aromatic carbocycles. The first kappa shape index (κ1) is 16.4. The highest BCUT2D eigenvalue weighted by Crippen LogP contribution is 2.22. The van der Waals surface area contributed by atoms with Crippen LogP contribution in [0.25, 0.3) is 0 Å². The van der Waals surface area contributed by atoms with E-state index in [0.29, 0.717) is 10.3 Å². The van der Waals surface area contributed by atoms with Crippen molar-refractivity contribution in [1.29, 1.82) is 0 Å². The summed E-state index contributed by atoms with van der Waals surface area (Å²) in [6.45, 7) is 3.95. The van der Waals surface area contributed by atoms with Crippen LogP contribution in [-0.2, 0) is 10.0 Å². The molecular weight excluding hydrogens is 330 g/mol. The minimum absolute atomic E-state index is 0.0892. The van der Waals surface area contributed by atoms with Crippen molar-refractivity contribution in [2.75, 3.05) is 12.4 Å². The Balaban J connectivity index is 2.96. The number of unbranched alkanes of at least 4 members (excludes halogenated alkanes) is 1. The fraction of sp³-hybridized carbons (Fsp3) is 0.583. The Kier molecular flexibility index (Phi) is 6.22. The molecule has 0 spiro atoms. The van der Waals surface area contributed by atoms with Gasteiger partial charge in [0, 0.05) is 23.8 Å². The van der Waals surface area contributed by atoms with Crippen LogP contribution in [0.2, 0.25) is 0 Å². The Morgan fingerprint density at radius 2 is 2.16 bits per heavy atom. The Hall–Kier alpha value is -0.660. The van der Waals surface area contributed by atoms with Crippen LogP contribution in [0.15, 0.2) is 21.6 Å². The number of hydrogen-bond acceptors (Lipinski definition) is 4. The van der Waals surface area contributed by atoms with Gasteiger partial charge in [-0.15, -0.1) is 0 Å². The zero-order valence-corrected chi connectivity index (χ0v) is 13.8. The number of rotatable bonds is 7. The standard InChI is InChI=1S/C12H20BrN3O2S/c1-4-5-6-9(2)16-19(17,18)11-7-10(13)8-15-12(11)14-3/h7-9,16H,4-6H2,1-3H3,(H,14,15). The van der Waals surface area contributed by atoms with Crippen LogP contribution >= 0.6 is 15.9 Å². The molecule has 1 aromatic rings. The van der Waals surface area contributed by atoms with E-state index in [2.05, 4.69) is 37.9 Å². The van der Waals surface area contributed by atoms with Gasteiger partial charge in [0.25, 0.3) is 0 Å². The zero-order valence-electron chi connectivity index (χ0n) is 11.4. The Morgan fingerprint density at radius 3 is 2.74 bits per heavy atom. The molecule has 0 aliphatic rings. The van der Waals surface area contributed by atoms with Gasteiger partial charge in [0.05, 0.1) is 0 Å². The van der Waals surface area contributed by atoms with E-state index in [-0.39, 0.29) is 10.9 Å². The van der Waals surface area contributed by atoms with E-state index < -0.39 is 10.0 Å². The molecule has 0 aliphatic carbocycles. The molecule has 1 rings (SSSR count). The van der Waals surface area contributed by atoms with E-state index in [1.165, 1.54) is 0 Å². The summed E-state index contributed by atoms with van der Waals surface area (Å²) in [5, 5.41) is 2.79. The average molecular weight is 350 g/mol. The van der Waals surface area contributed by atoms with E-state index >= 15 is 0 Å². The molecule has 1 unspecified atom stereocenters. The smallest absolute Gasteiger partial charge is 0.244 e. The SMILES string of the molecule is CCCCC(C)NS(=O)(=O)c1cc(Br)cnc1NC. The fourth-order valence-electron chi connectivity index (χ4n) is 1.71. The van der Waals surface area contributed by atoms with Crippen LogP contribution in [0.1, 0.15) is 33.1 Å². The molecule has 0 aliphatic heterocycles. The first-order valence-corrected chi connectivity index (χ1v) is 8.54. The van der Waals surface area contributed by atoms with Crippen molar-refractivity contribution in [3.8, 4) is 0 Å². The third kappa shape index (κ3) is 4.74. The minimum Gasteiger partial charge on any atom is -0.372 e. The van der Waals surface area contributed by atoms with Crippen molar-refractivity contribution in [3.63, 3.8) is 0 Å². The van der Waals surface area contributed by atoms with Gasteiger partial charge < -0.3 is 5.32 Å². The second-order valence-corrected chi connectivity index (χ2v) is 7.01. The molecule has 0 radical (unpaired) electrons. The third-order valence-electron chi connectivity index (χ3n) is 2.69. The zero-order chi connectivity index (χ0) is 14.5. The van der Waals surface area contributed by atoms with Crippen LogP contribution < -0.4 is 10.0 Å². The highest BCUT2D eigenvalue weighted by atomic mass is 79.9. The number of nitrogens with zero attached hydrogens (tertiary/aromatic N) is 1. The van der Waals surface area contributed by atoms with Crippen molar-refractivity contribution < 1.29 is 8.42 Å². The van der Waals surface area contributed by atoms with Crippen LogP contribution in [0.5, 0.6) is 0 Å². The summed E-state index contributed by atoms with van der Waals surface area (Å²) in [6, 6.07) is 1.46. The van der Waals surface area contributed by atoms with Gasteiger partial charge in [0.2, 0.25) is 10.0 Å². The number of sulfonamides is 1. The first-order valence-electron chi connectivity index (χ1n) is 6.26. The van der Waals surface area contributed by atoms with E-state index in [1.807, 2.05) is 6.92 Å². The molecule has 19 heavy (non-hydrogen) atoms. The van der Waals surface area contributed by atoms with E-state index in [9.17, 15) is 8.42 Å². The van der Waals surface area contributed by atoms with Crippen molar-refractivity contribution >= 4 is 31.8 Å². The summed E-state index contributed by atoms with van der Waals surface area (Å²) < 4.78 is 28.0. The molecular formula is C12H20BrN3O2S. The Labute approximate surface area is 123 Å². The first-order chi connectivity index (χ1) is 8.90. The summed E-state index contributed by atoms with van der Waals surface area (Å²) in [5.41, 5.74) is 0. The normalized spacial score (nSPS) is 13.3. The number of halogens is 1. The van der Waals surface area contributed by atoms with Gasteiger partial charge in [0.15, 0.2) is 0 Å². The summed E-state index contributed by atoms with van der Waals surface area (Å²) in [6.07, 6.45) is 4.43. The van der Waals surface area contributed by atoms with Crippen molar-refractivity contribution in [3.05, 3.63) is 16.7 Å². The van der Waals surface area contributed by atoms with Gasteiger partial charge in [-0.1, -0.05) is 19.8 Å². The number of hydrogen-bond donors (Lipinski definition) is 2. The number of nitrogens with one attached hydrogen (secondary N) is 2. The summed E-state index contributed by atoms with van der Waals surface area (Å²) in [5.74, 6) is 0.346. The molecule has 0 amide bonds. The number of anilines is 1. The van der Waals surface area contributed by atoms with Gasteiger partial charge in [0.1, 0.15) is 10.7 Å². The van der Waals surface area contributed by atoms with Gasteiger partial charge in [-0.3, -0.25) is 0 Å². The second-order valence-electron chi connectivity index (χ2n) is 4.41. The lowest BCUT2D eigenvalue weighted by molar-refractivity contribution is 0.534. The Bertz CT molecular complexity index is 520. The van der Waals surface area contributed by atoms with Gasteiger partial charge >= 0.3 is 0 Å². The summed E-state index contributed by atoms with van der Waals surface area (Å²) >= 11 is 3.24. The number of pyridine rings is 1. The van der Waals surface area contributed by atoms with E-state index in [0.717, 1.165) is 19.3 Å². The lowest BCUT2D eigenvalue weighted by atomic mass is 10.2.